The van der Waals surface area contributed by atoms with E-state index in [2.05, 4.69) is 64.0 Å². The molecule has 3 N–H and O–H groups in total. The second-order valence-corrected chi connectivity index (χ2v) is 7.36. The molecule has 0 unspecified atom stereocenters. The molecule has 5 nitrogen and oxygen atoms in total. The highest BCUT2D eigenvalue weighted by molar-refractivity contribution is 5.79. The Hall–Kier alpha value is -1.75. The molecule has 0 amide bonds. The Labute approximate surface area is 153 Å². The summed E-state index contributed by atoms with van der Waals surface area (Å²) in [5.74, 6) is 0.893. The van der Waals surface area contributed by atoms with Crippen LogP contribution in [0, 0.1) is 0 Å². The first kappa shape index (κ1) is 19.6. The maximum absolute atomic E-state index is 4.35. The van der Waals surface area contributed by atoms with Gasteiger partial charge in [0.05, 0.1) is 0 Å². The van der Waals surface area contributed by atoms with Crippen LogP contribution in [0.4, 0.5) is 5.69 Å². The minimum atomic E-state index is 0.160. The van der Waals surface area contributed by atoms with Crippen LogP contribution in [0.3, 0.4) is 0 Å². The second-order valence-electron chi connectivity index (χ2n) is 7.36. The van der Waals surface area contributed by atoms with Crippen LogP contribution in [0.15, 0.2) is 35.3 Å². The van der Waals surface area contributed by atoms with Crippen molar-refractivity contribution < 1.29 is 0 Å². The molecule has 1 aromatic rings. The number of rotatable bonds is 8. The van der Waals surface area contributed by atoms with Crippen LogP contribution in [-0.2, 0) is 0 Å². The van der Waals surface area contributed by atoms with E-state index in [0.29, 0.717) is 0 Å². The van der Waals surface area contributed by atoms with Crippen molar-refractivity contribution in [1.82, 2.24) is 15.5 Å². The molecule has 0 radical (unpaired) electrons. The molecule has 140 valence electrons. The Morgan fingerprint density at radius 2 is 1.76 bits per heavy atom. The lowest BCUT2D eigenvalue weighted by molar-refractivity contribution is 0.0982. The fourth-order valence-electron chi connectivity index (χ4n) is 3.22. The van der Waals surface area contributed by atoms with E-state index in [0.717, 1.165) is 32.0 Å². The van der Waals surface area contributed by atoms with Gasteiger partial charge in [-0.2, -0.15) is 0 Å². The summed E-state index contributed by atoms with van der Waals surface area (Å²) in [7, 11) is 1.84. The Kier molecular flexibility index (Phi) is 8.06. The molecule has 1 aromatic carbocycles. The van der Waals surface area contributed by atoms with Crippen molar-refractivity contribution in [2.24, 2.45) is 4.99 Å². The summed E-state index contributed by atoms with van der Waals surface area (Å²) in [5.41, 5.74) is 1.33. The summed E-state index contributed by atoms with van der Waals surface area (Å²) < 4.78 is 0. The first-order valence-electron chi connectivity index (χ1n) is 9.60. The van der Waals surface area contributed by atoms with Gasteiger partial charge in [-0.3, -0.25) is 9.89 Å². The molecule has 25 heavy (non-hydrogen) atoms. The molecule has 1 saturated heterocycles. The van der Waals surface area contributed by atoms with Gasteiger partial charge in [-0.05, 0) is 58.3 Å². The largest absolute Gasteiger partial charge is 0.385 e. The Morgan fingerprint density at radius 3 is 2.44 bits per heavy atom. The van der Waals surface area contributed by atoms with Crippen LogP contribution in [0.5, 0.6) is 0 Å². The third-order valence-electron chi connectivity index (χ3n) is 4.87. The van der Waals surface area contributed by atoms with Gasteiger partial charge in [0.1, 0.15) is 0 Å². The number of nitrogens with one attached hydrogen (secondary N) is 3. The fourth-order valence-corrected chi connectivity index (χ4v) is 3.22. The number of aliphatic imine (C=N–C) groups is 1. The Bertz CT molecular complexity index is 506. The van der Waals surface area contributed by atoms with E-state index in [-0.39, 0.29) is 5.54 Å². The van der Waals surface area contributed by atoms with Gasteiger partial charge >= 0.3 is 0 Å². The summed E-state index contributed by atoms with van der Waals surface area (Å²) in [6.07, 6.45) is 5.07. The molecule has 1 heterocycles. The number of hydrogen-bond acceptors (Lipinski definition) is 3. The van der Waals surface area contributed by atoms with Crippen LogP contribution in [0.1, 0.15) is 39.5 Å². The number of benzene rings is 1. The molecule has 0 atom stereocenters. The standard InChI is InChI=1S/C20H35N5/c1-20(2,25-15-8-5-9-16-25)17-24-19(21-3)23-14-10-13-22-18-11-6-4-7-12-18/h4,6-7,11-12,22H,5,8-10,13-17H2,1-3H3,(H2,21,23,24). The van der Waals surface area contributed by atoms with Gasteiger partial charge in [0.25, 0.3) is 0 Å². The number of hydrogen-bond donors (Lipinski definition) is 3. The van der Waals surface area contributed by atoms with E-state index in [1.165, 1.54) is 38.0 Å². The lowest BCUT2D eigenvalue weighted by atomic mass is 9.98. The zero-order valence-electron chi connectivity index (χ0n) is 16.1. The molecule has 0 aliphatic carbocycles. The molecule has 0 aromatic heterocycles. The summed E-state index contributed by atoms with van der Waals surface area (Å²) in [6.45, 7) is 9.84. The highest BCUT2D eigenvalue weighted by Crippen LogP contribution is 2.19. The van der Waals surface area contributed by atoms with E-state index >= 15 is 0 Å². The summed E-state index contributed by atoms with van der Waals surface area (Å²) in [6, 6.07) is 10.3. The van der Waals surface area contributed by atoms with E-state index in [1.54, 1.807) is 0 Å². The maximum atomic E-state index is 4.35. The predicted octanol–water partition coefficient (Wildman–Crippen LogP) is 2.92. The zero-order chi connectivity index (χ0) is 18.0. The van der Waals surface area contributed by atoms with E-state index in [4.69, 9.17) is 0 Å². The number of anilines is 1. The average Bonchev–Trinajstić information content (AvgIpc) is 2.65. The van der Waals surface area contributed by atoms with E-state index < -0.39 is 0 Å². The van der Waals surface area contributed by atoms with Crippen molar-refractivity contribution in [2.75, 3.05) is 45.1 Å². The highest BCUT2D eigenvalue weighted by atomic mass is 15.2. The number of para-hydroxylation sites is 1. The van der Waals surface area contributed by atoms with E-state index in [1.807, 2.05) is 13.1 Å². The van der Waals surface area contributed by atoms with Gasteiger partial charge in [0.2, 0.25) is 0 Å². The van der Waals surface area contributed by atoms with Gasteiger partial charge in [0.15, 0.2) is 5.96 Å². The number of nitrogens with zero attached hydrogens (tertiary/aromatic N) is 2. The quantitative estimate of drug-likeness (QED) is 0.385. The van der Waals surface area contributed by atoms with Crippen molar-refractivity contribution in [3.05, 3.63) is 30.3 Å². The first-order chi connectivity index (χ1) is 12.1. The number of piperidine rings is 1. The average molecular weight is 346 g/mol. The highest BCUT2D eigenvalue weighted by Gasteiger charge is 2.27. The fraction of sp³-hybridized carbons (Fsp3) is 0.650. The second kappa shape index (κ2) is 10.3. The first-order valence-corrected chi connectivity index (χ1v) is 9.60. The van der Waals surface area contributed by atoms with Gasteiger partial charge in [-0.1, -0.05) is 24.6 Å². The van der Waals surface area contributed by atoms with Crippen molar-refractivity contribution in [3.8, 4) is 0 Å². The Morgan fingerprint density at radius 1 is 1.04 bits per heavy atom. The summed E-state index contributed by atoms with van der Waals surface area (Å²) in [4.78, 5) is 6.95. The smallest absolute Gasteiger partial charge is 0.191 e. The van der Waals surface area contributed by atoms with Crippen molar-refractivity contribution in [3.63, 3.8) is 0 Å². The number of guanidine groups is 1. The molecule has 1 fully saturated rings. The Balaban J connectivity index is 1.63. The molecule has 2 rings (SSSR count). The van der Waals surface area contributed by atoms with Crippen molar-refractivity contribution >= 4 is 11.6 Å². The van der Waals surface area contributed by atoms with Crippen LogP contribution in [0.2, 0.25) is 0 Å². The minimum absolute atomic E-state index is 0.160. The maximum Gasteiger partial charge on any atom is 0.191 e. The van der Waals surface area contributed by atoms with Crippen molar-refractivity contribution in [1.29, 1.82) is 0 Å². The monoisotopic (exact) mass is 345 g/mol. The third-order valence-corrected chi connectivity index (χ3v) is 4.87. The summed E-state index contributed by atoms with van der Waals surface area (Å²) in [5, 5.41) is 10.3. The SMILES string of the molecule is CN=C(NCCCNc1ccccc1)NCC(C)(C)N1CCCCC1. The molecule has 1 aliphatic heterocycles. The van der Waals surface area contributed by atoms with E-state index in [9.17, 15) is 0 Å². The van der Waals surface area contributed by atoms with Gasteiger partial charge in [0, 0.05) is 37.9 Å². The van der Waals surface area contributed by atoms with Crippen LogP contribution >= 0.6 is 0 Å². The lowest BCUT2D eigenvalue weighted by Crippen LogP contribution is -2.54. The molecule has 1 aliphatic rings. The zero-order valence-corrected chi connectivity index (χ0v) is 16.1. The third kappa shape index (κ3) is 6.94. The molecular weight excluding hydrogens is 310 g/mol. The molecule has 0 saturated carbocycles. The molecule has 0 spiro atoms. The molecule has 5 heteroatoms. The number of likely N-dealkylation sites (tertiary alicyclic amines) is 1. The van der Waals surface area contributed by atoms with Gasteiger partial charge < -0.3 is 16.0 Å². The lowest BCUT2D eigenvalue weighted by Gasteiger charge is -2.41. The summed E-state index contributed by atoms with van der Waals surface area (Å²) >= 11 is 0. The van der Waals surface area contributed by atoms with Crippen LogP contribution in [-0.4, -0.2) is 56.2 Å². The van der Waals surface area contributed by atoms with Gasteiger partial charge in [-0.25, -0.2) is 0 Å². The topological polar surface area (TPSA) is 51.7 Å². The normalized spacial score (nSPS) is 16.5. The van der Waals surface area contributed by atoms with Crippen LogP contribution < -0.4 is 16.0 Å². The molecule has 0 bridgehead atoms. The van der Waals surface area contributed by atoms with Crippen LogP contribution in [0.25, 0.3) is 0 Å². The van der Waals surface area contributed by atoms with Crippen molar-refractivity contribution in [2.45, 2.75) is 45.1 Å². The minimum Gasteiger partial charge on any atom is -0.385 e. The molecular formula is C20H35N5. The predicted molar refractivity (Wildman–Crippen MR) is 108 cm³/mol. The van der Waals surface area contributed by atoms with Gasteiger partial charge in [-0.15, -0.1) is 0 Å².